The molecule has 0 radical (unpaired) electrons. The summed E-state index contributed by atoms with van der Waals surface area (Å²) in [5.74, 6) is 0. The fourth-order valence-electron chi connectivity index (χ4n) is 3.36. The van der Waals surface area contributed by atoms with Crippen LogP contribution in [0.3, 0.4) is 0 Å². The fraction of sp³-hybridized carbons (Fsp3) is 0.600. The van der Waals surface area contributed by atoms with Crippen LogP contribution in [0.1, 0.15) is 24.8 Å². The number of nitrogen functional groups attached to an aromatic ring is 1. The maximum absolute atomic E-state index is 5.81. The zero-order valence-corrected chi connectivity index (χ0v) is 12.9. The molecule has 0 aromatic heterocycles. The summed E-state index contributed by atoms with van der Waals surface area (Å²) < 4.78 is 1.14. The molecular weight excluding hydrogens is 302 g/mol. The van der Waals surface area contributed by atoms with Gasteiger partial charge in [-0.05, 0) is 56.6 Å². The Hall–Kier alpha value is -0.580. The average Bonchev–Trinajstić information content (AvgIpc) is 2.72. The van der Waals surface area contributed by atoms with Gasteiger partial charge in [0.15, 0.2) is 0 Å². The Kier molecular flexibility index (Phi) is 4.10. The summed E-state index contributed by atoms with van der Waals surface area (Å²) in [6, 6.07) is 6.95. The van der Waals surface area contributed by atoms with Crippen LogP contribution in [0, 0.1) is 0 Å². The number of fused-ring (bicyclic) bond motifs is 1. The Labute approximate surface area is 123 Å². The monoisotopic (exact) mass is 323 g/mol. The minimum absolute atomic E-state index is 0.787. The molecule has 0 aliphatic carbocycles. The third-order valence-electron chi connectivity index (χ3n) is 4.36. The normalized spacial score (nSPS) is 25.2. The molecule has 104 valence electrons. The second-order valence-corrected chi connectivity index (χ2v) is 6.63. The zero-order chi connectivity index (χ0) is 13.2. The third-order valence-corrected chi connectivity index (χ3v) is 5.10. The van der Waals surface area contributed by atoms with E-state index in [0.29, 0.717) is 0 Å². The van der Waals surface area contributed by atoms with E-state index < -0.39 is 0 Å². The fourth-order valence-corrected chi connectivity index (χ4v) is 3.88. The Morgan fingerprint density at radius 1 is 1.21 bits per heavy atom. The van der Waals surface area contributed by atoms with E-state index in [2.05, 4.69) is 31.8 Å². The summed E-state index contributed by atoms with van der Waals surface area (Å²) in [5, 5.41) is 0. The highest BCUT2D eigenvalue weighted by molar-refractivity contribution is 9.10. The van der Waals surface area contributed by atoms with Crippen LogP contribution in [-0.4, -0.2) is 42.0 Å². The molecule has 2 aliphatic heterocycles. The lowest BCUT2D eigenvalue weighted by Gasteiger charge is -2.26. The maximum Gasteiger partial charge on any atom is 0.0325 e. The molecule has 2 aliphatic rings. The van der Waals surface area contributed by atoms with Crippen LogP contribution >= 0.6 is 15.9 Å². The minimum Gasteiger partial charge on any atom is -0.399 e. The average molecular weight is 324 g/mol. The van der Waals surface area contributed by atoms with Crippen molar-refractivity contribution in [3.63, 3.8) is 0 Å². The van der Waals surface area contributed by atoms with Crippen LogP contribution in [0.2, 0.25) is 0 Å². The quantitative estimate of drug-likeness (QED) is 0.849. The molecule has 0 spiro atoms. The first-order valence-electron chi connectivity index (χ1n) is 7.23. The highest BCUT2D eigenvalue weighted by Crippen LogP contribution is 2.25. The van der Waals surface area contributed by atoms with Crippen molar-refractivity contribution in [1.82, 2.24) is 9.80 Å². The van der Waals surface area contributed by atoms with Gasteiger partial charge in [0.2, 0.25) is 0 Å². The molecule has 0 bridgehead atoms. The van der Waals surface area contributed by atoms with Gasteiger partial charge in [-0.1, -0.05) is 22.0 Å². The summed E-state index contributed by atoms with van der Waals surface area (Å²) in [6.07, 6.45) is 4.05. The van der Waals surface area contributed by atoms with Crippen molar-refractivity contribution in [2.75, 3.05) is 31.9 Å². The number of benzene rings is 1. The number of anilines is 1. The number of hydrogen-bond donors (Lipinski definition) is 1. The molecule has 2 saturated heterocycles. The molecule has 1 aromatic carbocycles. The molecule has 0 amide bonds. The molecule has 1 aromatic rings. The zero-order valence-electron chi connectivity index (χ0n) is 11.3. The van der Waals surface area contributed by atoms with Gasteiger partial charge in [0.05, 0.1) is 0 Å². The second kappa shape index (κ2) is 5.81. The van der Waals surface area contributed by atoms with Crippen molar-refractivity contribution in [3.05, 3.63) is 28.2 Å². The van der Waals surface area contributed by atoms with E-state index in [4.69, 9.17) is 5.73 Å². The lowest BCUT2D eigenvalue weighted by Crippen LogP contribution is -2.36. The van der Waals surface area contributed by atoms with Crippen molar-refractivity contribution in [2.24, 2.45) is 0 Å². The van der Waals surface area contributed by atoms with Crippen molar-refractivity contribution in [2.45, 2.75) is 31.8 Å². The largest absolute Gasteiger partial charge is 0.399 e. The van der Waals surface area contributed by atoms with Crippen molar-refractivity contribution < 1.29 is 0 Å². The van der Waals surface area contributed by atoms with Gasteiger partial charge in [-0.25, -0.2) is 0 Å². The van der Waals surface area contributed by atoms with Crippen molar-refractivity contribution in [1.29, 1.82) is 0 Å². The molecule has 0 saturated carbocycles. The molecular formula is C15H22BrN3. The highest BCUT2D eigenvalue weighted by Gasteiger charge is 2.28. The van der Waals surface area contributed by atoms with Crippen LogP contribution in [0.25, 0.3) is 0 Å². The maximum atomic E-state index is 5.81. The van der Waals surface area contributed by atoms with Crippen molar-refractivity contribution in [3.8, 4) is 0 Å². The van der Waals surface area contributed by atoms with Crippen LogP contribution in [0.4, 0.5) is 5.69 Å². The summed E-state index contributed by atoms with van der Waals surface area (Å²) in [4.78, 5) is 5.28. The number of nitrogens with zero attached hydrogens (tertiary/aromatic N) is 2. The lowest BCUT2D eigenvalue weighted by molar-refractivity contribution is 0.215. The van der Waals surface area contributed by atoms with Gasteiger partial charge in [0, 0.05) is 29.3 Å². The predicted molar refractivity (Wildman–Crippen MR) is 83.0 cm³/mol. The molecule has 4 heteroatoms. The molecule has 2 heterocycles. The van der Waals surface area contributed by atoms with E-state index in [1.54, 1.807) is 0 Å². The molecule has 3 rings (SSSR count). The van der Waals surface area contributed by atoms with Crippen LogP contribution in [-0.2, 0) is 6.54 Å². The third kappa shape index (κ3) is 3.12. The molecule has 1 unspecified atom stereocenters. The van der Waals surface area contributed by atoms with Crippen molar-refractivity contribution >= 4 is 21.6 Å². The number of rotatable bonds is 2. The van der Waals surface area contributed by atoms with Gasteiger partial charge in [-0.2, -0.15) is 0 Å². The SMILES string of the molecule is Nc1ccc(CN2CCCN3CCCC3C2)c(Br)c1. The number of hydrogen-bond acceptors (Lipinski definition) is 3. The topological polar surface area (TPSA) is 32.5 Å². The number of nitrogens with two attached hydrogens (primary N) is 1. The van der Waals surface area contributed by atoms with Gasteiger partial charge in [0.1, 0.15) is 0 Å². The van der Waals surface area contributed by atoms with Crippen LogP contribution in [0.15, 0.2) is 22.7 Å². The smallest absolute Gasteiger partial charge is 0.0325 e. The minimum atomic E-state index is 0.787. The highest BCUT2D eigenvalue weighted by atomic mass is 79.9. The first-order valence-corrected chi connectivity index (χ1v) is 8.02. The standard InChI is InChI=1S/C15H22BrN3/c16-15-9-13(17)5-4-12(15)10-18-6-2-8-19-7-1-3-14(19)11-18/h4-5,9,14H,1-3,6-8,10-11,17H2. The molecule has 19 heavy (non-hydrogen) atoms. The summed E-state index contributed by atoms with van der Waals surface area (Å²) in [5.41, 5.74) is 7.98. The summed E-state index contributed by atoms with van der Waals surface area (Å²) >= 11 is 3.63. The van der Waals surface area contributed by atoms with E-state index >= 15 is 0 Å². The Balaban J connectivity index is 1.68. The van der Waals surface area contributed by atoms with E-state index in [9.17, 15) is 0 Å². The van der Waals surface area contributed by atoms with E-state index in [-0.39, 0.29) is 0 Å². The summed E-state index contributed by atoms with van der Waals surface area (Å²) in [6.45, 7) is 6.06. The van der Waals surface area contributed by atoms with Gasteiger partial charge in [-0.3, -0.25) is 9.80 Å². The Morgan fingerprint density at radius 3 is 2.89 bits per heavy atom. The van der Waals surface area contributed by atoms with Gasteiger partial charge in [-0.15, -0.1) is 0 Å². The first-order chi connectivity index (χ1) is 9.22. The molecule has 1 atom stereocenters. The first kappa shape index (κ1) is 13.4. The molecule has 2 fully saturated rings. The number of halogens is 1. The van der Waals surface area contributed by atoms with E-state index in [0.717, 1.165) is 22.7 Å². The summed E-state index contributed by atoms with van der Waals surface area (Å²) in [7, 11) is 0. The van der Waals surface area contributed by atoms with E-state index in [1.807, 2.05) is 12.1 Å². The second-order valence-electron chi connectivity index (χ2n) is 5.77. The molecule has 3 nitrogen and oxygen atoms in total. The van der Waals surface area contributed by atoms with Gasteiger partial charge >= 0.3 is 0 Å². The van der Waals surface area contributed by atoms with Gasteiger partial charge < -0.3 is 5.73 Å². The van der Waals surface area contributed by atoms with E-state index in [1.165, 1.54) is 51.0 Å². The van der Waals surface area contributed by atoms with Crippen LogP contribution in [0.5, 0.6) is 0 Å². The van der Waals surface area contributed by atoms with Gasteiger partial charge in [0.25, 0.3) is 0 Å². The van der Waals surface area contributed by atoms with Crippen LogP contribution < -0.4 is 5.73 Å². The predicted octanol–water partition coefficient (Wildman–Crippen LogP) is 2.70. The Bertz CT molecular complexity index is 449. The lowest BCUT2D eigenvalue weighted by atomic mass is 10.1. The molecule has 2 N–H and O–H groups in total. The Morgan fingerprint density at radius 2 is 2.05 bits per heavy atom.